The molecule has 1 rings (SSSR count). The summed E-state index contributed by atoms with van der Waals surface area (Å²) in [6, 6.07) is 4.37. The van der Waals surface area contributed by atoms with Crippen LogP contribution in [0.4, 0.5) is 0 Å². The van der Waals surface area contributed by atoms with Crippen LogP contribution in [0.1, 0.15) is 23.6 Å². The van der Waals surface area contributed by atoms with Gasteiger partial charge >= 0.3 is 0 Å². The van der Waals surface area contributed by atoms with E-state index in [-0.39, 0.29) is 0 Å². The molecule has 3 heteroatoms. The number of rotatable bonds is 7. The molecule has 0 bridgehead atoms. The lowest BCUT2D eigenvalue weighted by Crippen LogP contribution is -2.27. The number of benzene rings is 1. The van der Waals surface area contributed by atoms with E-state index in [9.17, 15) is 0 Å². The Kier molecular flexibility index (Phi) is 6.16. The quantitative estimate of drug-likeness (QED) is 0.728. The van der Waals surface area contributed by atoms with E-state index in [4.69, 9.17) is 10.5 Å². The van der Waals surface area contributed by atoms with Crippen molar-refractivity contribution in [1.29, 1.82) is 0 Å². The van der Waals surface area contributed by atoms with Crippen LogP contribution in [0.25, 0.3) is 0 Å². The maximum atomic E-state index is 5.59. The fourth-order valence-corrected chi connectivity index (χ4v) is 2.17. The second kappa shape index (κ2) is 7.39. The molecular weight excluding hydrogens is 224 g/mol. The van der Waals surface area contributed by atoms with Crippen molar-refractivity contribution in [3.05, 3.63) is 28.8 Å². The molecule has 18 heavy (non-hydrogen) atoms. The minimum atomic E-state index is 0.533. The molecule has 0 fully saturated rings. The Morgan fingerprint density at radius 1 is 1.33 bits per heavy atom. The van der Waals surface area contributed by atoms with Crippen molar-refractivity contribution in [1.82, 2.24) is 5.32 Å². The highest BCUT2D eigenvalue weighted by atomic mass is 16.5. The Balaban J connectivity index is 2.56. The number of nitrogens with two attached hydrogens (primary N) is 1. The van der Waals surface area contributed by atoms with Crippen molar-refractivity contribution in [3.63, 3.8) is 0 Å². The zero-order valence-corrected chi connectivity index (χ0v) is 12.0. The third-order valence-electron chi connectivity index (χ3n) is 3.17. The number of hydrogen-bond donors (Lipinski definition) is 2. The van der Waals surface area contributed by atoms with Crippen LogP contribution in [0.3, 0.4) is 0 Å². The summed E-state index contributed by atoms with van der Waals surface area (Å²) >= 11 is 0. The van der Waals surface area contributed by atoms with Crippen LogP contribution in [-0.2, 0) is 6.42 Å². The normalized spacial score (nSPS) is 12.5. The SMILES string of the molecule is COc1c(C)cc(C)cc1CCNCC(C)CN. The summed E-state index contributed by atoms with van der Waals surface area (Å²) in [7, 11) is 1.74. The van der Waals surface area contributed by atoms with E-state index in [0.717, 1.165) is 31.8 Å². The van der Waals surface area contributed by atoms with E-state index >= 15 is 0 Å². The van der Waals surface area contributed by atoms with Crippen molar-refractivity contribution >= 4 is 0 Å². The molecule has 3 nitrogen and oxygen atoms in total. The molecular formula is C15H26N2O. The second-order valence-electron chi connectivity index (χ2n) is 5.07. The lowest BCUT2D eigenvalue weighted by atomic mass is 10.0. The fourth-order valence-electron chi connectivity index (χ4n) is 2.17. The number of ether oxygens (including phenoxy) is 1. The first-order valence-corrected chi connectivity index (χ1v) is 6.63. The first-order chi connectivity index (χ1) is 8.58. The molecule has 0 heterocycles. The number of aryl methyl sites for hydroxylation is 2. The van der Waals surface area contributed by atoms with Gasteiger partial charge in [0.25, 0.3) is 0 Å². The molecule has 0 radical (unpaired) electrons. The van der Waals surface area contributed by atoms with Crippen LogP contribution in [0.5, 0.6) is 5.75 Å². The Hall–Kier alpha value is -1.06. The zero-order valence-electron chi connectivity index (χ0n) is 12.0. The van der Waals surface area contributed by atoms with E-state index in [1.165, 1.54) is 16.7 Å². The second-order valence-corrected chi connectivity index (χ2v) is 5.07. The van der Waals surface area contributed by atoms with Gasteiger partial charge < -0.3 is 15.8 Å². The van der Waals surface area contributed by atoms with Gasteiger partial charge in [0.05, 0.1) is 7.11 Å². The van der Waals surface area contributed by atoms with E-state index < -0.39 is 0 Å². The number of hydrogen-bond acceptors (Lipinski definition) is 3. The number of nitrogens with one attached hydrogen (secondary N) is 1. The van der Waals surface area contributed by atoms with Gasteiger partial charge in [0.15, 0.2) is 0 Å². The van der Waals surface area contributed by atoms with Gasteiger partial charge in [-0.15, -0.1) is 0 Å². The third-order valence-corrected chi connectivity index (χ3v) is 3.17. The third kappa shape index (κ3) is 4.31. The maximum absolute atomic E-state index is 5.59. The predicted molar refractivity (Wildman–Crippen MR) is 77.3 cm³/mol. The summed E-state index contributed by atoms with van der Waals surface area (Å²) in [6.07, 6.45) is 0.989. The number of methoxy groups -OCH3 is 1. The summed E-state index contributed by atoms with van der Waals surface area (Å²) in [5.74, 6) is 1.56. The van der Waals surface area contributed by atoms with Crippen LogP contribution >= 0.6 is 0 Å². The first kappa shape index (κ1) is 15.0. The lowest BCUT2D eigenvalue weighted by molar-refractivity contribution is 0.405. The van der Waals surface area contributed by atoms with Crippen LogP contribution < -0.4 is 15.8 Å². The van der Waals surface area contributed by atoms with Gasteiger partial charge in [-0.25, -0.2) is 0 Å². The van der Waals surface area contributed by atoms with E-state index in [1.807, 2.05) is 0 Å². The molecule has 102 valence electrons. The van der Waals surface area contributed by atoms with Gasteiger partial charge in [0.1, 0.15) is 5.75 Å². The summed E-state index contributed by atoms with van der Waals surface area (Å²) in [5.41, 5.74) is 9.37. The van der Waals surface area contributed by atoms with E-state index in [2.05, 4.69) is 38.2 Å². The van der Waals surface area contributed by atoms with Gasteiger partial charge in [0, 0.05) is 0 Å². The van der Waals surface area contributed by atoms with Crippen molar-refractivity contribution in [3.8, 4) is 5.75 Å². The smallest absolute Gasteiger partial charge is 0.125 e. The van der Waals surface area contributed by atoms with Gasteiger partial charge in [-0.2, -0.15) is 0 Å². The average molecular weight is 250 g/mol. The van der Waals surface area contributed by atoms with Crippen LogP contribution in [-0.4, -0.2) is 26.7 Å². The average Bonchev–Trinajstić information content (AvgIpc) is 2.33. The van der Waals surface area contributed by atoms with Crippen LogP contribution in [0.15, 0.2) is 12.1 Å². The van der Waals surface area contributed by atoms with Crippen molar-refractivity contribution < 1.29 is 4.74 Å². The molecule has 0 saturated carbocycles. The Labute approximate surface area is 111 Å². The topological polar surface area (TPSA) is 47.3 Å². The molecule has 0 aliphatic rings. The molecule has 1 unspecified atom stereocenters. The van der Waals surface area contributed by atoms with E-state index in [1.54, 1.807) is 7.11 Å². The molecule has 0 spiro atoms. The Bertz CT molecular complexity index is 377. The van der Waals surface area contributed by atoms with Crippen LogP contribution in [0, 0.1) is 19.8 Å². The summed E-state index contributed by atoms with van der Waals surface area (Å²) in [4.78, 5) is 0. The molecule has 1 aromatic rings. The molecule has 0 amide bonds. The maximum Gasteiger partial charge on any atom is 0.125 e. The molecule has 1 atom stereocenters. The van der Waals surface area contributed by atoms with Gasteiger partial charge in [0.2, 0.25) is 0 Å². The van der Waals surface area contributed by atoms with Crippen molar-refractivity contribution in [2.75, 3.05) is 26.7 Å². The van der Waals surface area contributed by atoms with Gasteiger partial charge in [-0.3, -0.25) is 0 Å². The Morgan fingerprint density at radius 3 is 2.67 bits per heavy atom. The Morgan fingerprint density at radius 2 is 2.06 bits per heavy atom. The van der Waals surface area contributed by atoms with Gasteiger partial charge in [-0.05, 0) is 56.9 Å². The summed E-state index contributed by atoms with van der Waals surface area (Å²) in [6.45, 7) is 9.05. The molecule has 0 saturated heterocycles. The van der Waals surface area contributed by atoms with Crippen LogP contribution in [0.2, 0.25) is 0 Å². The molecule has 1 aromatic carbocycles. The van der Waals surface area contributed by atoms with Crippen molar-refractivity contribution in [2.45, 2.75) is 27.2 Å². The highest BCUT2D eigenvalue weighted by Gasteiger charge is 2.07. The molecule has 0 aliphatic carbocycles. The monoisotopic (exact) mass is 250 g/mol. The standard InChI is InChI=1S/C15H26N2O/c1-11-7-13(3)15(18-4)14(8-11)5-6-17-10-12(2)9-16/h7-8,12,17H,5-6,9-10,16H2,1-4H3. The fraction of sp³-hybridized carbons (Fsp3) is 0.600. The predicted octanol–water partition coefficient (Wildman–Crippen LogP) is 2.04. The first-order valence-electron chi connectivity index (χ1n) is 6.63. The zero-order chi connectivity index (χ0) is 13.5. The highest BCUT2D eigenvalue weighted by Crippen LogP contribution is 2.25. The van der Waals surface area contributed by atoms with Crippen molar-refractivity contribution in [2.24, 2.45) is 11.7 Å². The van der Waals surface area contributed by atoms with E-state index in [0.29, 0.717) is 5.92 Å². The summed E-state index contributed by atoms with van der Waals surface area (Å²) < 4.78 is 5.48. The molecule has 0 aliphatic heterocycles. The molecule has 3 N–H and O–H groups in total. The minimum Gasteiger partial charge on any atom is -0.496 e. The van der Waals surface area contributed by atoms with Gasteiger partial charge in [-0.1, -0.05) is 24.6 Å². The highest BCUT2D eigenvalue weighted by molar-refractivity contribution is 5.43. The lowest BCUT2D eigenvalue weighted by Gasteiger charge is -2.14. The molecule has 0 aromatic heterocycles. The minimum absolute atomic E-state index is 0.533. The largest absolute Gasteiger partial charge is 0.496 e. The summed E-state index contributed by atoms with van der Waals surface area (Å²) in [5, 5.41) is 3.44.